The van der Waals surface area contributed by atoms with Crippen molar-refractivity contribution < 1.29 is 39.6 Å². The Morgan fingerprint density at radius 2 is 1.80 bits per heavy atom. The van der Waals surface area contributed by atoms with Crippen LogP contribution in [0.1, 0.15) is 43.9 Å². The smallest absolute Gasteiger partial charge is 0.255 e. The molecule has 0 spiro atoms. The number of phenols is 1. The maximum atomic E-state index is 14.0. The molecule has 1 fully saturated rings. The van der Waals surface area contributed by atoms with Crippen molar-refractivity contribution in [3.05, 3.63) is 39.7 Å². The maximum Gasteiger partial charge on any atom is 0.255 e. The minimum absolute atomic E-state index is 0.0299. The van der Waals surface area contributed by atoms with Crippen LogP contribution in [0.3, 0.4) is 0 Å². The first-order valence-corrected chi connectivity index (χ1v) is 13.0. The van der Waals surface area contributed by atoms with Crippen molar-refractivity contribution in [1.29, 1.82) is 0 Å². The van der Waals surface area contributed by atoms with Crippen LogP contribution < -0.4 is 16.1 Å². The van der Waals surface area contributed by atoms with E-state index in [0.717, 1.165) is 0 Å². The van der Waals surface area contributed by atoms with Gasteiger partial charge in [0.2, 0.25) is 5.78 Å². The summed E-state index contributed by atoms with van der Waals surface area (Å²) in [6.07, 6.45) is 0.240. The third-order valence-corrected chi connectivity index (χ3v) is 7.90. The van der Waals surface area contributed by atoms with E-state index in [0.29, 0.717) is 16.8 Å². The summed E-state index contributed by atoms with van der Waals surface area (Å²) in [5.41, 5.74) is 5.70. The first-order valence-electron chi connectivity index (χ1n) is 13.0. The van der Waals surface area contributed by atoms with Crippen LogP contribution in [-0.4, -0.2) is 88.2 Å². The summed E-state index contributed by atoms with van der Waals surface area (Å²) >= 11 is 0. The van der Waals surface area contributed by atoms with Crippen LogP contribution in [0.2, 0.25) is 0 Å². The summed E-state index contributed by atoms with van der Waals surface area (Å²) in [7, 11) is 6.75. The number of fused-ring (bicyclic) bond motifs is 3. The van der Waals surface area contributed by atoms with E-state index in [1.165, 1.54) is 4.90 Å². The summed E-state index contributed by atoms with van der Waals surface area (Å²) in [6.45, 7) is 5.65. The third kappa shape index (κ3) is 4.44. The Bertz CT molecular complexity index is 1360. The zero-order chi connectivity index (χ0) is 30.1. The molecule has 0 saturated heterocycles. The van der Waals surface area contributed by atoms with Gasteiger partial charge in [-0.2, -0.15) is 5.48 Å². The number of amides is 1. The molecule has 1 amide bonds. The number of nitrogens with zero attached hydrogens (tertiary/aromatic N) is 2. The molecular weight excluding hydrogens is 520 g/mol. The fourth-order valence-electron chi connectivity index (χ4n) is 6.21. The number of carbonyl (C=O) groups is 3. The van der Waals surface area contributed by atoms with E-state index in [-0.39, 0.29) is 36.3 Å². The van der Waals surface area contributed by atoms with Crippen LogP contribution in [0, 0.1) is 11.8 Å². The second-order valence-electron chi connectivity index (χ2n) is 12.1. The number of benzene rings is 1. The number of phenolic OH excluding ortho intramolecular Hbond substituents is 1. The molecule has 40 heavy (non-hydrogen) atoms. The molecule has 1 aromatic carbocycles. The van der Waals surface area contributed by atoms with Gasteiger partial charge in [-0.3, -0.25) is 24.1 Å². The van der Waals surface area contributed by atoms with Gasteiger partial charge in [-0.05, 0) is 65.3 Å². The van der Waals surface area contributed by atoms with E-state index in [4.69, 9.17) is 10.6 Å². The van der Waals surface area contributed by atoms with Crippen LogP contribution in [0.5, 0.6) is 5.75 Å². The van der Waals surface area contributed by atoms with Gasteiger partial charge in [0, 0.05) is 43.4 Å². The number of nitrogens with one attached hydrogen (secondary N) is 1. The fraction of sp³-hybridized carbons (Fsp3) is 0.536. The number of aliphatic hydroxyl groups excluding tert-OH is 2. The molecule has 1 aromatic rings. The lowest BCUT2D eigenvalue weighted by Gasteiger charge is -2.50. The average Bonchev–Trinajstić information content (AvgIpc) is 2.81. The topological polar surface area (TPSA) is 186 Å². The summed E-state index contributed by atoms with van der Waals surface area (Å²) in [4.78, 5) is 48.2. The Labute approximate surface area is 232 Å². The molecule has 3 aliphatic carbocycles. The predicted molar refractivity (Wildman–Crippen MR) is 146 cm³/mol. The highest BCUT2D eigenvalue weighted by atomic mass is 16.7. The molecule has 4 rings (SSSR count). The number of anilines is 1. The Morgan fingerprint density at radius 1 is 1.18 bits per heavy atom. The number of ketones is 2. The van der Waals surface area contributed by atoms with E-state index in [9.17, 15) is 34.8 Å². The lowest BCUT2D eigenvalue weighted by molar-refractivity contribution is -0.153. The molecule has 12 nitrogen and oxygen atoms in total. The highest BCUT2D eigenvalue weighted by Crippen LogP contribution is 2.54. The molecule has 0 bridgehead atoms. The number of hydroxylamine groups is 1. The van der Waals surface area contributed by atoms with Gasteiger partial charge < -0.3 is 31.1 Å². The second kappa shape index (κ2) is 9.88. The van der Waals surface area contributed by atoms with Gasteiger partial charge in [0.15, 0.2) is 11.4 Å². The Kier molecular flexibility index (Phi) is 7.29. The second-order valence-corrected chi connectivity index (χ2v) is 12.1. The Hall–Kier alpha value is -3.45. The van der Waals surface area contributed by atoms with Crippen molar-refractivity contribution >= 4 is 28.9 Å². The number of aliphatic hydroxyl groups is 3. The number of hydrogen-bond acceptors (Lipinski definition) is 11. The predicted octanol–water partition coefficient (Wildman–Crippen LogP) is 0.850. The Balaban J connectivity index is 1.91. The normalized spacial score (nSPS) is 26.6. The lowest BCUT2D eigenvalue weighted by atomic mass is 9.57. The molecule has 218 valence electrons. The highest BCUT2D eigenvalue weighted by Gasteiger charge is 2.64. The van der Waals surface area contributed by atoms with E-state index >= 15 is 0 Å². The van der Waals surface area contributed by atoms with Crippen molar-refractivity contribution in [1.82, 2.24) is 10.4 Å². The zero-order valence-corrected chi connectivity index (χ0v) is 23.8. The first kappa shape index (κ1) is 29.5. The van der Waals surface area contributed by atoms with Gasteiger partial charge in [0.1, 0.15) is 22.8 Å². The molecule has 0 aliphatic heterocycles. The summed E-state index contributed by atoms with van der Waals surface area (Å²) in [5.74, 6) is -6.78. The standard InChI is InChI=1S/C28H38N4O8/c1-27(2,3)40-30-11-13-10-16(31(4)5)14-8-12-9-15-20(32(6)7)23(35)19(26(29)38)25(37)28(15,39)24(36)17(12)22(34)18(14)21(13)33/h10,12,15,20,30,33-34,37,39H,8-9,11H2,1-7H3,(H2,29,38). The molecule has 12 heteroatoms. The van der Waals surface area contributed by atoms with Crippen molar-refractivity contribution in [2.75, 3.05) is 33.1 Å². The monoisotopic (exact) mass is 558 g/mol. The minimum atomic E-state index is -2.68. The minimum Gasteiger partial charge on any atom is -0.508 e. The van der Waals surface area contributed by atoms with Crippen molar-refractivity contribution in [3.63, 3.8) is 0 Å². The zero-order valence-electron chi connectivity index (χ0n) is 23.8. The van der Waals surface area contributed by atoms with Crippen LogP contribution in [0.25, 0.3) is 5.76 Å². The SMILES string of the molecule is CN(C)c1cc(CNOC(C)(C)C)c(O)c2c1CC1CC3C(N(C)C)C(=O)C(C(N)=O)=C(O)C3(O)C(=O)C1=C2O. The fourth-order valence-corrected chi connectivity index (χ4v) is 6.21. The molecule has 4 unspecified atom stereocenters. The van der Waals surface area contributed by atoms with Gasteiger partial charge >= 0.3 is 0 Å². The lowest BCUT2D eigenvalue weighted by Crippen LogP contribution is -2.65. The number of Topliss-reactive ketones (excluding diaryl/α,β-unsaturated/α-hetero) is 2. The van der Waals surface area contributed by atoms with E-state index < -0.39 is 63.6 Å². The van der Waals surface area contributed by atoms with Gasteiger partial charge in [-0.25, -0.2) is 0 Å². The van der Waals surface area contributed by atoms with Crippen molar-refractivity contribution in [2.24, 2.45) is 17.6 Å². The molecule has 7 N–H and O–H groups in total. The molecule has 3 aliphatic rings. The molecule has 1 saturated carbocycles. The number of carbonyl (C=O) groups excluding carboxylic acids is 3. The van der Waals surface area contributed by atoms with Gasteiger partial charge in [-0.1, -0.05) is 0 Å². The highest BCUT2D eigenvalue weighted by molar-refractivity contribution is 6.24. The maximum absolute atomic E-state index is 14.0. The van der Waals surface area contributed by atoms with Crippen LogP contribution >= 0.6 is 0 Å². The van der Waals surface area contributed by atoms with Crippen molar-refractivity contribution in [2.45, 2.75) is 57.4 Å². The largest absolute Gasteiger partial charge is 0.508 e. The average molecular weight is 559 g/mol. The summed E-state index contributed by atoms with van der Waals surface area (Å²) in [5, 5.41) is 45.5. The number of rotatable bonds is 6. The number of aromatic hydroxyl groups is 1. The van der Waals surface area contributed by atoms with E-state index in [2.05, 4.69) is 5.48 Å². The van der Waals surface area contributed by atoms with Crippen LogP contribution in [0.4, 0.5) is 5.69 Å². The molecule has 0 aromatic heterocycles. The van der Waals surface area contributed by atoms with E-state index in [1.807, 2.05) is 39.8 Å². The molecular formula is C28H38N4O8. The van der Waals surface area contributed by atoms with Crippen LogP contribution in [0.15, 0.2) is 23.0 Å². The Morgan fingerprint density at radius 3 is 2.33 bits per heavy atom. The van der Waals surface area contributed by atoms with Crippen molar-refractivity contribution in [3.8, 4) is 5.75 Å². The number of primary amides is 1. The number of nitrogens with two attached hydrogens (primary N) is 1. The molecule has 4 atom stereocenters. The summed E-state index contributed by atoms with van der Waals surface area (Å²) in [6, 6.07) is 0.642. The van der Waals surface area contributed by atoms with Gasteiger partial charge in [0.25, 0.3) is 5.91 Å². The first-order chi connectivity index (χ1) is 18.4. The van der Waals surface area contributed by atoms with E-state index in [1.54, 1.807) is 20.2 Å². The molecule has 0 radical (unpaired) electrons. The third-order valence-electron chi connectivity index (χ3n) is 7.90. The van der Waals surface area contributed by atoms with Gasteiger partial charge in [0.05, 0.1) is 17.2 Å². The quantitative estimate of drug-likeness (QED) is 0.215. The molecule has 0 heterocycles. The number of hydrogen-bond donors (Lipinski definition) is 6. The summed E-state index contributed by atoms with van der Waals surface area (Å²) < 4.78 is 0. The van der Waals surface area contributed by atoms with Crippen LogP contribution in [-0.2, 0) is 32.2 Å². The number of likely N-dealkylation sites (N-methyl/N-ethyl adjacent to an activating group) is 1. The van der Waals surface area contributed by atoms with Gasteiger partial charge in [-0.15, -0.1) is 0 Å².